The van der Waals surface area contributed by atoms with E-state index in [4.69, 9.17) is 9.47 Å². The third-order valence-corrected chi connectivity index (χ3v) is 6.77. The lowest BCUT2D eigenvalue weighted by Gasteiger charge is -2.26. The summed E-state index contributed by atoms with van der Waals surface area (Å²) in [7, 11) is -3.56. The Kier molecular flexibility index (Phi) is 5.98. The van der Waals surface area contributed by atoms with Crippen LogP contribution in [-0.4, -0.2) is 51.5 Å². The molecule has 30 heavy (non-hydrogen) atoms. The van der Waals surface area contributed by atoms with Gasteiger partial charge in [0, 0.05) is 24.2 Å². The summed E-state index contributed by atoms with van der Waals surface area (Å²) in [5, 5.41) is 4.70. The van der Waals surface area contributed by atoms with Gasteiger partial charge in [-0.15, -0.1) is 0 Å². The lowest BCUT2D eigenvalue weighted by Crippen LogP contribution is -2.40. The normalized spacial score (nSPS) is 15.1. The van der Waals surface area contributed by atoms with Gasteiger partial charge in [-0.2, -0.15) is 4.31 Å². The van der Waals surface area contributed by atoms with Crippen LogP contribution < -0.4 is 10.1 Å². The van der Waals surface area contributed by atoms with E-state index < -0.39 is 10.0 Å². The number of nitrogens with zero attached hydrogens (tertiary/aromatic N) is 1. The van der Waals surface area contributed by atoms with E-state index in [1.165, 1.54) is 16.4 Å². The van der Waals surface area contributed by atoms with Crippen molar-refractivity contribution in [2.45, 2.75) is 4.90 Å². The first-order chi connectivity index (χ1) is 14.5. The van der Waals surface area contributed by atoms with Crippen LogP contribution >= 0.6 is 0 Å². The van der Waals surface area contributed by atoms with Crippen molar-refractivity contribution in [2.24, 2.45) is 0 Å². The first-order valence-electron chi connectivity index (χ1n) is 9.62. The summed E-state index contributed by atoms with van der Waals surface area (Å²) in [6.45, 7) is 1.31. The number of carbonyl (C=O) groups excluding carboxylic acids is 1. The fourth-order valence-corrected chi connectivity index (χ4v) is 4.72. The molecule has 0 radical (unpaired) electrons. The highest BCUT2D eigenvalue weighted by Crippen LogP contribution is 2.25. The van der Waals surface area contributed by atoms with E-state index in [2.05, 4.69) is 5.32 Å². The maximum absolute atomic E-state index is 12.7. The van der Waals surface area contributed by atoms with E-state index in [9.17, 15) is 13.2 Å². The van der Waals surface area contributed by atoms with Crippen LogP contribution in [-0.2, 0) is 19.6 Å². The summed E-state index contributed by atoms with van der Waals surface area (Å²) < 4.78 is 37.6. The Labute approximate surface area is 175 Å². The van der Waals surface area contributed by atoms with Gasteiger partial charge in [-0.3, -0.25) is 4.79 Å². The van der Waals surface area contributed by atoms with Crippen LogP contribution in [0.4, 0.5) is 5.69 Å². The molecule has 1 fully saturated rings. The minimum Gasteiger partial charge on any atom is -0.483 e. The van der Waals surface area contributed by atoms with Gasteiger partial charge in [0.2, 0.25) is 10.0 Å². The number of rotatable bonds is 6. The molecule has 4 rings (SSSR count). The highest BCUT2D eigenvalue weighted by atomic mass is 32.2. The topological polar surface area (TPSA) is 84.9 Å². The molecule has 1 N–H and O–H groups in total. The fourth-order valence-electron chi connectivity index (χ4n) is 3.31. The minimum absolute atomic E-state index is 0.151. The number of amides is 1. The van der Waals surface area contributed by atoms with Crippen LogP contribution in [0.3, 0.4) is 0 Å². The van der Waals surface area contributed by atoms with Crippen LogP contribution in [0.25, 0.3) is 10.8 Å². The zero-order chi connectivity index (χ0) is 21.0. The predicted octanol–water partition coefficient (Wildman–Crippen LogP) is 2.88. The Morgan fingerprint density at radius 1 is 0.967 bits per heavy atom. The Morgan fingerprint density at radius 2 is 1.67 bits per heavy atom. The minimum atomic E-state index is -3.56. The van der Waals surface area contributed by atoms with Gasteiger partial charge in [0.15, 0.2) is 6.61 Å². The van der Waals surface area contributed by atoms with Crippen molar-refractivity contribution in [1.82, 2.24) is 4.31 Å². The highest BCUT2D eigenvalue weighted by molar-refractivity contribution is 7.89. The summed E-state index contributed by atoms with van der Waals surface area (Å²) in [5.41, 5.74) is 0.502. The summed E-state index contributed by atoms with van der Waals surface area (Å²) in [6, 6.07) is 19.6. The molecule has 0 aliphatic carbocycles. The first-order valence-corrected chi connectivity index (χ1v) is 11.1. The van der Waals surface area contributed by atoms with Gasteiger partial charge in [0.05, 0.1) is 18.1 Å². The molecule has 0 unspecified atom stereocenters. The third-order valence-electron chi connectivity index (χ3n) is 4.85. The molecular formula is C22H22N2O5S. The second-order valence-corrected chi connectivity index (χ2v) is 8.79. The second-order valence-electron chi connectivity index (χ2n) is 6.85. The quantitative estimate of drug-likeness (QED) is 0.655. The lowest BCUT2D eigenvalue weighted by molar-refractivity contribution is -0.118. The Bertz CT molecular complexity index is 1130. The number of hydrogen-bond donors (Lipinski definition) is 1. The second kappa shape index (κ2) is 8.83. The molecule has 1 saturated heterocycles. The standard InChI is InChI=1S/C22H22N2O5S/c25-22(16-29-21-7-3-5-17-4-1-2-6-20(17)21)23-18-8-10-19(11-9-18)30(26,27)24-12-14-28-15-13-24/h1-11H,12-16H2,(H,23,25). The van der Waals surface area contributed by atoms with E-state index >= 15 is 0 Å². The van der Waals surface area contributed by atoms with Crippen molar-refractivity contribution in [2.75, 3.05) is 38.2 Å². The SMILES string of the molecule is O=C(COc1cccc2ccccc12)Nc1ccc(S(=O)(=O)N2CCOCC2)cc1. The predicted molar refractivity (Wildman–Crippen MR) is 114 cm³/mol. The van der Waals surface area contributed by atoms with Crippen LogP contribution in [0.5, 0.6) is 5.75 Å². The number of nitrogens with one attached hydrogen (secondary N) is 1. The number of ether oxygens (including phenoxy) is 2. The third kappa shape index (κ3) is 4.46. The molecule has 0 atom stereocenters. The van der Waals surface area contributed by atoms with Crippen molar-refractivity contribution < 1.29 is 22.7 Å². The van der Waals surface area contributed by atoms with Gasteiger partial charge in [0.25, 0.3) is 5.91 Å². The van der Waals surface area contributed by atoms with Crippen LogP contribution in [0.1, 0.15) is 0 Å². The molecule has 1 aliphatic rings. The number of morpholine rings is 1. The maximum Gasteiger partial charge on any atom is 0.262 e. The number of hydrogen-bond acceptors (Lipinski definition) is 5. The van der Waals surface area contributed by atoms with Crippen LogP contribution in [0, 0.1) is 0 Å². The monoisotopic (exact) mass is 426 g/mol. The van der Waals surface area contributed by atoms with Crippen LogP contribution in [0.15, 0.2) is 71.6 Å². The van der Waals surface area contributed by atoms with E-state index in [0.29, 0.717) is 37.7 Å². The first kappa shape index (κ1) is 20.3. The molecular weight excluding hydrogens is 404 g/mol. The Morgan fingerprint density at radius 3 is 2.43 bits per heavy atom. The summed E-state index contributed by atoms with van der Waals surface area (Å²) in [6.07, 6.45) is 0. The fraction of sp³-hybridized carbons (Fsp3) is 0.227. The molecule has 0 bridgehead atoms. The number of fused-ring (bicyclic) bond motifs is 1. The molecule has 1 aliphatic heterocycles. The molecule has 8 heteroatoms. The molecule has 0 saturated carbocycles. The van der Waals surface area contributed by atoms with Gasteiger partial charge in [-0.05, 0) is 35.7 Å². The van der Waals surface area contributed by atoms with Gasteiger partial charge in [0.1, 0.15) is 5.75 Å². The number of sulfonamides is 1. The van der Waals surface area contributed by atoms with Crippen molar-refractivity contribution in [3.8, 4) is 5.75 Å². The molecule has 0 spiro atoms. The van der Waals surface area contributed by atoms with E-state index in [0.717, 1.165) is 10.8 Å². The summed E-state index contributed by atoms with van der Waals surface area (Å²) >= 11 is 0. The zero-order valence-corrected chi connectivity index (χ0v) is 17.1. The summed E-state index contributed by atoms with van der Waals surface area (Å²) in [4.78, 5) is 12.5. The van der Waals surface area contributed by atoms with Crippen LogP contribution in [0.2, 0.25) is 0 Å². The number of anilines is 1. The summed E-state index contributed by atoms with van der Waals surface area (Å²) in [5.74, 6) is 0.307. The number of benzene rings is 3. The van der Waals surface area contributed by atoms with Gasteiger partial charge < -0.3 is 14.8 Å². The molecule has 156 valence electrons. The molecule has 3 aromatic carbocycles. The largest absolute Gasteiger partial charge is 0.483 e. The van der Waals surface area contributed by atoms with Gasteiger partial charge >= 0.3 is 0 Å². The van der Waals surface area contributed by atoms with Gasteiger partial charge in [-0.25, -0.2) is 8.42 Å². The number of carbonyl (C=O) groups is 1. The van der Waals surface area contributed by atoms with E-state index in [-0.39, 0.29) is 17.4 Å². The molecule has 1 heterocycles. The van der Waals surface area contributed by atoms with Crippen molar-refractivity contribution >= 4 is 32.4 Å². The molecule has 1 amide bonds. The average molecular weight is 426 g/mol. The average Bonchev–Trinajstić information content (AvgIpc) is 2.78. The van der Waals surface area contributed by atoms with E-state index in [1.807, 2.05) is 42.5 Å². The zero-order valence-electron chi connectivity index (χ0n) is 16.3. The lowest BCUT2D eigenvalue weighted by atomic mass is 10.1. The molecule has 0 aromatic heterocycles. The van der Waals surface area contributed by atoms with Crippen molar-refractivity contribution in [3.63, 3.8) is 0 Å². The molecule has 7 nitrogen and oxygen atoms in total. The van der Waals surface area contributed by atoms with Crippen molar-refractivity contribution in [1.29, 1.82) is 0 Å². The smallest absolute Gasteiger partial charge is 0.262 e. The molecule has 3 aromatic rings. The van der Waals surface area contributed by atoms with Crippen molar-refractivity contribution in [3.05, 3.63) is 66.7 Å². The van der Waals surface area contributed by atoms with E-state index in [1.54, 1.807) is 12.1 Å². The Balaban J connectivity index is 1.38. The maximum atomic E-state index is 12.7. The highest BCUT2D eigenvalue weighted by Gasteiger charge is 2.26. The van der Waals surface area contributed by atoms with Gasteiger partial charge in [-0.1, -0.05) is 36.4 Å². The Hall–Kier alpha value is -2.94.